The highest BCUT2D eigenvalue weighted by Gasteiger charge is 2.21. The molecule has 0 aliphatic heterocycles. The summed E-state index contributed by atoms with van der Waals surface area (Å²) in [6.45, 7) is 5.41. The Hall–Kier alpha value is -3.35. The number of amides is 1. The van der Waals surface area contributed by atoms with E-state index >= 15 is 0 Å². The van der Waals surface area contributed by atoms with Crippen molar-refractivity contribution in [2.45, 2.75) is 26.9 Å². The molecule has 28 heavy (non-hydrogen) atoms. The van der Waals surface area contributed by atoms with Crippen LogP contribution in [0.2, 0.25) is 0 Å². The van der Waals surface area contributed by atoms with Crippen molar-refractivity contribution < 1.29 is 28.6 Å². The lowest BCUT2D eigenvalue weighted by Crippen LogP contribution is -2.31. The molecule has 0 unspecified atom stereocenters. The molecule has 1 N–H and O–H groups in total. The van der Waals surface area contributed by atoms with Gasteiger partial charge in [-0.1, -0.05) is 12.1 Å². The molecule has 2 rings (SSSR count). The minimum absolute atomic E-state index is 0.113. The quantitative estimate of drug-likeness (QED) is 0.768. The Morgan fingerprint density at radius 2 is 1.61 bits per heavy atom. The molecule has 0 aromatic heterocycles. The monoisotopic (exact) mass is 385 g/mol. The van der Waals surface area contributed by atoms with Crippen LogP contribution in [0.25, 0.3) is 0 Å². The highest BCUT2D eigenvalue weighted by atomic mass is 16.5. The second-order valence-electron chi connectivity index (χ2n) is 6.26. The molecule has 0 spiro atoms. The maximum absolute atomic E-state index is 12.6. The molecule has 0 heterocycles. The number of rotatable bonds is 6. The summed E-state index contributed by atoms with van der Waals surface area (Å²) in [5.74, 6) is -1.12. The van der Waals surface area contributed by atoms with Gasteiger partial charge in [0, 0.05) is 0 Å². The van der Waals surface area contributed by atoms with Gasteiger partial charge in [0.05, 0.1) is 31.0 Å². The zero-order valence-electron chi connectivity index (χ0n) is 16.5. The molecule has 0 aliphatic carbocycles. The van der Waals surface area contributed by atoms with Gasteiger partial charge in [0.1, 0.15) is 5.75 Å². The number of nitrogens with one attached hydrogen (secondary N) is 1. The molecule has 1 atom stereocenters. The Bertz CT molecular complexity index is 906. The number of ether oxygens (including phenoxy) is 3. The van der Waals surface area contributed by atoms with E-state index in [-0.39, 0.29) is 16.8 Å². The predicted octanol–water partition coefficient (Wildman–Crippen LogP) is 3.28. The van der Waals surface area contributed by atoms with Crippen molar-refractivity contribution in [2.75, 3.05) is 19.5 Å². The number of carbonyl (C=O) groups excluding carboxylic acids is 3. The molecule has 7 heteroatoms. The Kier molecular flexibility index (Phi) is 6.76. The number of anilines is 1. The van der Waals surface area contributed by atoms with E-state index in [1.165, 1.54) is 32.4 Å². The summed E-state index contributed by atoms with van der Waals surface area (Å²) in [7, 11) is 2.48. The smallest absolute Gasteiger partial charge is 0.339 e. The van der Waals surface area contributed by atoms with Crippen LogP contribution in [0.5, 0.6) is 5.75 Å². The van der Waals surface area contributed by atoms with Crippen LogP contribution in [0.3, 0.4) is 0 Å². The molecule has 0 saturated heterocycles. The van der Waals surface area contributed by atoms with Crippen molar-refractivity contribution in [2.24, 2.45) is 0 Å². The lowest BCUT2D eigenvalue weighted by atomic mass is 10.1. The molecule has 2 aromatic carbocycles. The number of carbonyl (C=O) groups is 3. The van der Waals surface area contributed by atoms with Gasteiger partial charge >= 0.3 is 11.9 Å². The van der Waals surface area contributed by atoms with Crippen LogP contribution in [0.1, 0.15) is 38.8 Å². The van der Waals surface area contributed by atoms with E-state index in [0.29, 0.717) is 5.75 Å². The van der Waals surface area contributed by atoms with E-state index in [2.05, 4.69) is 10.1 Å². The standard InChI is InChI=1S/C21H23NO6/c1-12-6-7-13(2)18(10-12)28-14(3)19(23)22-17-11-15(20(24)26-4)8-9-16(17)21(25)27-5/h6-11,14H,1-5H3,(H,22,23)/t14-/m0/s1. The van der Waals surface area contributed by atoms with Crippen molar-refractivity contribution in [1.82, 2.24) is 0 Å². The topological polar surface area (TPSA) is 90.9 Å². The summed E-state index contributed by atoms with van der Waals surface area (Å²) in [6.07, 6.45) is -0.840. The SMILES string of the molecule is COC(=O)c1ccc(C(=O)OC)c(NC(=O)[C@H](C)Oc2cc(C)ccc2C)c1. The van der Waals surface area contributed by atoms with Crippen LogP contribution in [0.4, 0.5) is 5.69 Å². The van der Waals surface area contributed by atoms with Crippen molar-refractivity contribution in [1.29, 1.82) is 0 Å². The van der Waals surface area contributed by atoms with E-state index in [9.17, 15) is 14.4 Å². The van der Waals surface area contributed by atoms with Crippen LogP contribution in [-0.2, 0) is 14.3 Å². The molecule has 0 radical (unpaired) electrons. The second kappa shape index (κ2) is 9.03. The number of methoxy groups -OCH3 is 2. The van der Waals surface area contributed by atoms with Gasteiger partial charge in [-0.2, -0.15) is 0 Å². The predicted molar refractivity (Wildman–Crippen MR) is 104 cm³/mol. The van der Waals surface area contributed by atoms with Gasteiger partial charge in [-0.25, -0.2) is 9.59 Å². The van der Waals surface area contributed by atoms with Crippen LogP contribution in [-0.4, -0.2) is 38.2 Å². The Labute approximate surface area is 163 Å². The lowest BCUT2D eigenvalue weighted by Gasteiger charge is -2.18. The normalized spacial score (nSPS) is 11.3. The molecular weight excluding hydrogens is 362 g/mol. The average Bonchev–Trinajstić information content (AvgIpc) is 2.69. The summed E-state index contributed by atoms with van der Waals surface area (Å²) < 4.78 is 15.2. The van der Waals surface area contributed by atoms with Gasteiger partial charge in [-0.15, -0.1) is 0 Å². The summed E-state index contributed by atoms with van der Waals surface area (Å²) in [6, 6.07) is 9.88. The second-order valence-corrected chi connectivity index (χ2v) is 6.26. The summed E-state index contributed by atoms with van der Waals surface area (Å²) >= 11 is 0. The third kappa shape index (κ3) is 4.88. The van der Waals surface area contributed by atoms with Gasteiger partial charge < -0.3 is 19.5 Å². The Morgan fingerprint density at radius 3 is 2.25 bits per heavy atom. The van der Waals surface area contributed by atoms with Gasteiger partial charge in [-0.05, 0) is 56.2 Å². The van der Waals surface area contributed by atoms with Crippen LogP contribution in [0.15, 0.2) is 36.4 Å². The van der Waals surface area contributed by atoms with E-state index in [0.717, 1.165) is 11.1 Å². The van der Waals surface area contributed by atoms with E-state index in [1.54, 1.807) is 6.92 Å². The molecule has 2 aromatic rings. The number of hydrogen-bond donors (Lipinski definition) is 1. The van der Waals surface area contributed by atoms with E-state index < -0.39 is 23.9 Å². The van der Waals surface area contributed by atoms with Gasteiger partial charge in [0.25, 0.3) is 5.91 Å². The molecule has 0 aliphatic rings. The number of aryl methyl sites for hydroxylation is 2. The lowest BCUT2D eigenvalue weighted by molar-refractivity contribution is -0.122. The highest BCUT2D eigenvalue weighted by molar-refractivity contribution is 6.04. The largest absolute Gasteiger partial charge is 0.481 e. The molecule has 0 saturated carbocycles. The fraction of sp³-hybridized carbons (Fsp3) is 0.286. The maximum atomic E-state index is 12.6. The van der Waals surface area contributed by atoms with Crippen LogP contribution in [0, 0.1) is 13.8 Å². The van der Waals surface area contributed by atoms with Crippen LogP contribution >= 0.6 is 0 Å². The fourth-order valence-electron chi connectivity index (χ4n) is 2.49. The molecule has 0 fully saturated rings. The molecule has 1 amide bonds. The zero-order valence-corrected chi connectivity index (χ0v) is 16.5. The van der Waals surface area contributed by atoms with E-state index in [4.69, 9.17) is 9.47 Å². The first-order valence-electron chi connectivity index (χ1n) is 8.62. The average molecular weight is 385 g/mol. The zero-order chi connectivity index (χ0) is 20.8. The number of benzene rings is 2. The van der Waals surface area contributed by atoms with Crippen molar-refractivity contribution in [3.63, 3.8) is 0 Å². The molecule has 7 nitrogen and oxygen atoms in total. The van der Waals surface area contributed by atoms with Crippen LogP contribution < -0.4 is 10.1 Å². The first-order valence-corrected chi connectivity index (χ1v) is 8.62. The van der Waals surface area contributed by atoms with Gasteiger partial charge in [0.15, 0.2) is 6.10 Å². The Morgan fingerprint density at radius 1 is 0.929 bits per heavy atom. The molecule has 0 bridgehead atoms. The maximum Gasteiger partial charge on any atom is 0.339 e. The Balaban J connectivity index is 2.26. The van der Waals surface area contributed by atoms with Crippen molar-refractivity contribution in [3.8, 4) is 5.75 Å². The minimum Gasteiger partial charge on any atom is -0.481 e. The first kappa shape index (κ1) is 21.0. The first-order chi connectivity index (χ1) is 13.3. The van der Waals surface area contributed by atoms with E-state index in [1.807, 2.05) is 32.0 Å². The molecule has 148 valence electrons. The third-order valence-electron chi connectivity index (χ3n) is 4.12. The minimum atomic E-state index is -0.840. The van der Waals surface area contributed by atoms with Crippen molar-refractivity contribution >= 4 is 23.5 Å². The number of esters is 2. The highest BCUT2D eigenvalue weighted by Crippen LogP contribution is 2.23. The summed E-state index contributed by atoms with van der Waals surface area (Å²) in [5.41, 5.74) is 2.34. The third-order valence-corrected chi connectivity index (χ3v) is 4.12. The number of hydrogen-bond acceptors (Lipinski definition) is 6. The summed E-state index contributed by atoms with van der Waals surface area (Å²) in [4.78, 5) is 36.4. The van der Waals surface area contributed by atoms with Gasteiger partial charge in [0.2, 0.25) is 0 Å². The van der Waals surface area contributed by atoms with Crippen molar-refractivity contribution in [3.05, 3.63) is 58.7 Å². The fourth-order valence-corrected chi connectivity index (χ4v) is 2.49. The molecular formula is C21H23NO6. The van der Waals surface area contributed by atoms with Gasteiger partial charge in [-0.3, -0.25) is 4.79 Å². The summed E-state index contributed by atoms with van der Waals surface area (Å²) in [5, 5.41) is 2.63.